The van der Waals surface area contributed by atoms with Gasteiger partial charge in [-0.2, -0.15) is 0 Å². The van der Waals surface area contributed by atoms with Crippen LogP contribution >= 0.6 is 23.2 Å². The Morgan fingerprint density at radius 3 is 2.50 bits per heavy atom. The second-order valence-corrected chi connectivity index (χ2v) is 7.19. The maximum absolute atomic E-state index is 13.8. The lowest BCUT2D eigenvalue weighted by molar-refractivity contribution is -0.114. The molecule has 2 amide bonds. The van der Waals surface area contributed by atoms with Crippen molar-refractivity contribution in [1.82, 2.24) is 0 Å². The minimum Gasteiger partial charge on any atom is -0.488 e. The molecule has 0 aromatic heterocycles. The van der Waals surface area contributed by atoms with Gasteiger partial charge in [0.1, 0.15) is 18.2 Å². The van der Waals surface area contributed by atoms with Gasteiger partial charge in [-0.25, -0.2) is 4.39 Å². The summed E-state index contributed by atoms with van der Waals surface area (Å²) in [7, 11) is 0. The Hall–Kier alpha value is -3.09. The highest BCUT2D eigenvalue weighted by Gasteiger charge is 2.14. The minimum absolute atomic E-state index is 0.0257. The lowest BCUT2D eigenvalue weighted by Crippen LogP contribution is -2.14. The highest BCUT2D eigenvalue weighted by molar-refractivity contribution is 6.35. The second kappa shape index (κ2) is 9.61. The number of para-hydroxylation sites is 1. The van der Waals surface area contributed by atoms with Gasteiger partial charge < -0.3 is 15.4 Å². The number of rotatable bonds is 6. The number of nitrogens with one attached hydrogen (secondary N) is 2. The van der Waals surface area contributed by atoms with Gasteiger partial charge in [0.15, 0.2) is 0 Å². The summed E-state index contributed by atoms with van der Waals surface area (Å²) in [5.74, 6) is -1.12. The largest absolute Gasteiger partial charge is 0.488 e. The summed E-state index contributed by atoms with van der Waals surface area (Å²) in [6.07, 6.45) is 0. The first-order valence-electron chi connectivity index (χ1n) is 8.87. The number of carbonyl (C=O) groups is 2. The summed E-state index contributed by atoms with van der Waals surface area (Å²) < 4.78 is 19.6. The van der Waals surface area contributed by atoms with E-state index in [2.05, 4.69) is 10.6 Å². The fourth-order valence-corrected chi connectivity index (χ4v) is 3.12. The Balaban J connectivity index is 1.76. The lowest BCUT2D eigenvalue weighted by Gasteiger charge is -2.13. The van der Waals surface area contributed by atoms with Crippen molar-refractivity contribution >= 4 is 46.4 Å². The van der Waals surface area contributed by atoms with Gasteiger partial charge in [0.2, 0.25) is 5.91 Å². The van der Waals surface area contributed by atoms with Crippen LogP contribution in [0.2, 0.25) is 10.0 Å². The van der Waals surface area contributed by atoms with Crippen LogP contribution in [0.4, 0.5) is 15.8 Å². The average molecular weight is 447 g/mol. The third-order valence-corrected chi connectivity index (χ3v) is 4.65. The molecule has 0 aliphatic carbocycles. The predicted octanol–water partition coefficient (Wildman–Crippen LogP) is 5.92. The van der Waals surface area contributed by atoms with E-state index < -0.39 is 17.6 Å². The van der Waals surface area contributed by atoms with Crippen molar-refractivity contribution in [1.29, 1.82) is 0 Å². The summed E-state index contributed by atoms with van der Waals surface area (Å²) >= 11 is 12.1. The Labute approximate surface area is 182 Å². The summed E-state index contributed by atoms with van der Waals surface area (Å²) in [5.41, 5.74) is 1.30. The van der Waals surface area contributed by atoms with Gasteiger partial charge >= 0.3 is 0 Å². The van der Waals surface area contributed by atoms with Crippen LogP contribution in [0.15, 0.2) is 60.7 Å². The molecule has 30 heavy (non-hydrogen) atoms. The zero-order chi connectivity index (χ0) is 21.7. The fraction of sp³-hybridized carbons (Fsp3) is 0.0909. The Bertz CT molecular complexity index is 1110. The van der Waals surface area contributed by atoms with E-state index in [0.29, 0.717) is 21.5 Å². The lowest BCUT2D eigenvalue weighted by atomic mass is 10.1. The van der Waals surface area contributed by atoms with Crippen molar-refractivity contribution in [3.8, 4) is 5.75 Å². The zero-order valence-corrected chi connectivity index (χ0v) is 17.4. The van der Waals surface area contributed by atoms with E-state index in [0.717, 1.165) is 11.6 Å². The van der Waals surface area contributed by atoms with E-state index in [9.17, 15) is 14.0 Å². The SMILES string of the molecule is CC(=O)Nc1cc(NC(=O)c2ccccc2OCc2ccc(Cl)cc2Cl)ccc1F. The van der Waals surface area contributed by atoms with Gasteiger partial charge in [-0.15, -0.1) is 0 Å². The summed E-state index contributed by atoms with van der Waals surface area (Å²) in [4.78, 5) is 24.0. The van der Waals surface area contributed by atoms with Crippen molar-refractivity contribution in [3.05, 3.63) is 87.7 Å². The molecular formula is C22H17Cl2FN2O3. The molecule has 0 bridgehead atoms. The van der Waals surface area contributed by atoms with Gasteiger partial charge in [-0.1, -0.05) is 41.4 Å². The topological polar surface area (TPSA) is 67.4 Å². The number of ether oxygens (including phenoxy) is 1. The van der Waals surface area contributed by atoms with E-state index in [1.54, 1.807) is 42.5 Å². The van der Waals surface area contributed by atoms with Crippen molar-refractivity contribution in [2.45, 2.75) is 13.5 Å². The highest BCUT2D eigenvalue weighted by atomic mass is 35.5. The van der Waals surface area contributed by atoms with Gasteiger partial charge in [-0.05, 0) is 42.5 Å². The zero-order valence-electron chi connectivity index (χ0n) is 15.8. The van der Waals surface area contributed by atoms with Crippen LogP contribution in [-0.4, -0.2) is 11.8 Å². The molecule has 5 nitrogen and oxygen atoms in total. The van der Waals surface area contributed by atoms with Crippen LogP contribution in [-0.2, 0) is 11.4 Å². The normalized spacial score (nSPS) is 10.4. The summed E-state index contributed by atoms with van der Waals surface area (Å²) in [6.45, 7) is 1.41. The number of amides is 2. The summed E-state index contributed by atoms with van der Waals surface area (Å²) in [6, 6.07) is 15.7. The molecule has 154 valence electrons. The van der Waals surface area contributed by atoms with E-state index in [4.69, 9.17) is 27.9 Å². The van der Waals surface area contributed by atoms with E-state index in [-0.39, 0.29) is 17.9 Å². The number of carbonyl (C=O) groups excluding carboxylic acids is 2. The molecule has 0 unspecified atom stereocenters. The van der Waals surface area contributed by atoms with Gasteiger partial charge in [0.25, 0.3) is 5.91 Å². The Kier molecular flexibility index (Phi) is 6.92. The van der Waals surface area contributed by atoms with Crippen LogP contribution in [0.5, 0.6) is 5.75 Å². The highest BCUT2D eigenvalue weighted by Crippen LogP contribution is 2.26. The van der Waals surface area contributed by atoms with Crippen LogP contribution in [0.3, 0.4) is 0 Å². The summed E-state index contributed by atoms with van der Waals surface area (Å²) in [5, 5.41) is 6.02. The van der Waals surface area contributed by atoms with Crippen molar-refractivity contribution < 1.29 is 18.7 Å². The molecule has 0 heterocycles. The third-order valence-electron chi connectivity index (χ3n) is 4.06. The van der Waals surface area contributed by atoms with Crippen LogP contribution < -0.4 is 15.4 Å². The first-order chi connectivity index (χ1) is 14.3. The molecule has 0 spiro atoms. The molecule has 0 saturated carbocycles. The van der Waals surface area contributed by atoms with Crippen LogP contribution in [0.25, 0.3) is 0 Å². The molecule has 0 aliphatic rings. The fourth-order valence-electron chi connectivity index (χ4n) is 2.66. The molecule has 8 heteroatoms. The molecule has 0 fully saturated rings. The predicted molar refractivity (Wildman–Crippen MR) is 116 cm³/mol. The van der Waals surface area contributed by atoms with Gasteiger partial charge in [-0.3, -0.25) is 9.59 Å². The molecule has 0 radical (unpaired) electrons. The first-order valence-corrected chi connectivity index (χ1v) is 9.63. The average Bonchev–Trinajstić information content (AvgIpc) is 2.69. The number of halogens is 3. The minimum atomic E-state index is -0.605. The van der Waals surface area contributed by atoms with Crippen LogP contribution in [0.1, 0.15) is 22.8 Å². The molecule has 0 atom stereocenters. The number of hydrogen-bond donors (Lipinski definition) is 2. The van der Waals surface area contributed by atoms with Crippen molar-refractivity contribution in [2.24, 2.45) is 0 Å². The smallest absolute Gasteiger partial charge is 0.259 e. The molecular weight excluding hydrogens is 430 g/mol. The molecule has 3 rings (SSSR count). The molecule has 0 aliphatic heterocycles. The molecule has 2 N–H and O–H groups in total. The maximum atomic E-state index is 13.8. The van der Waals surface area contributed by atoms with Gasteiger partial charge in [0, 0.05) is 28.2 Å². The molecule has 3 aromatic carbocycles. The van der Waals surface area contributed by atoms with Gasteiger partial charge in [0.05, 0.1) is 11.3 Å². The first kappa shape index (κ1) is 21.6. The van der Waals surface area contributed by atoms with E-state index >= 15 is 0 Å². The molecule has 0 saturated heterocycles. The van der Waals surface area contributed by atoms with Crippen molar-refractivity contribution in [2.75, 3.05) is 10.6 Å². The monoisotopic (exact) mass is 446 g/mol. The number of hydrogen-bond acceptors (Lipinski definition) is 3. The number of anilines is 2. The third kappa shape index (κ3) is 5.49. The standard InChI is InChI=1S/C22H17Cl2FN2O3/c1-13(28)26-20-11-16(8-9-19(20)25)27-22(29)17-4-2-3-5-21(17)30-12-14-6-7-15(23)10-18(14)24/h2-11H,12H2,1H3,(H,26,28)(H,27,29). The van der Waals surface area contributed by atoms with Crippen molar-refractivity contribution in [3.63, 3.8) is 0 Å². The van der Waals surface area contributed by atoms with E-state index in [1.165, 1.54) is 19.1 Å². The maximum Gasteiger partial charge on any atom is 0.259 e. The Morgan fingerprint density at radius 1 is 1.00 bits per heavy atom. The van der Waals surface area contributed by atoms with E-state index in [1.807, 2.05) is 0 Å². The molecule has 3 aromatic rings. The van der Waals surface area contributed by atoms with Crippen LogP contribution in [0, 0.1) is 5.82 Å². The second-order valence-electron chi connectivity index (χ2n) is 6.35. The Morgan fingerprint density at radius 2 is 1.77 bits per heavy atom. The number of benzene rings is 3. The quantitative estimate of drug-likeness (QED) is 0.493.